The molecule has 2 aromatic heterocycles. The number of aromatic amines is 2. The van der Waals surface area contributed by atoms with Crippen LogP contribution in [0, 0.1) is 29.5 Å². The van der Waals surface area contributed by atoms with Crippen molar-refractivity contribution in [1.82, 2.24) is 40.4 Å². The van der Waals surface area contributed by atoms with Crippen molar-refractivity contribution in [2.45, 2.75) is 78.6 Å². The summed E-state index contributed by atoms with van der Waals surface area (Å²) in [6.07, 6.45) is 0.110. The number of hydrogen-bond acceptors (Lipinski definition) is 8. The Hall–Kier alpha value is -5.99. The highest BCUT2D eigenvalue weighted by molar-refractivity contribution is 5.88. The maximum absolute atomic E-state index is 16.0. The molecule has 59 heavy (non-hydrogen) atoms. The Morgan fingerprint density at radius 1 is 0.678 bits per heavy atom. The predicted octanol–water partition coefficient (Wildman–Crippen LogP) is 7.49. The molecule has 3 aromatic carbocycles. The van der Waals surface area contributed by atoms with E-state index in [1.165, 1.54) is 20.3 Å². The van der Waals surface area contributed by atoms with Gasteiger partial charge in [-0.15, -0.1) is 0 Å². The Morgan fingerprint density at radius 3 is 1.54 bits per heavy atom. The van der Waals surface area contributed by atoms with Gasteiger partial charge >= 0.3 is 12.2 Å². The van der Waals surface area contributed by atoms with Gasteiger partial charge in [0.05, 0.1) is 48.4 Å². The van der Waals surface area contributed by atoms with Gasteiger partial charge < -0.3 is 39.9 Å². The number of carbonyl (C=O) groups excluding carboxylic acids is 4. The van der Waals surface area contributed by atoms with Crippen LogP contribution < -0.4 is 10.6 Å². The molecule has 0 aliphatic carbocycles. The number of rotatable bonds is 10. The van der Waals surface area contributed by atoms with Gasteiger partial charge in [0.1, 0.15) is 29.5 Å². The third-order valence-corrected chi connectivity index (χ3v) is 11.6. The monoisotopic (exact) mass is 808 g/mol. The smallest absolute Gasteiger partial charge is 0.407 e. The highest BCUT2D eigenvalue weighted by atomic mass is 19.1. The Labute approximate surface area is 342 Å². The van der Waals surface area contributed by atoms with E-state index in [-0.39, 0.29) is 53.4 Å². The summed E-state index contributed by atoms with van der Waals surface area (Å²) in [4.78, 5) is 71.8. The highest BCUT2D eigenvalue weighted by Gasteiger charge is 2.41. The van der Waals surface area contributed by atoms with Gasteiger partial charge in [0.15, 0.2) is 0 Å². The van der Waals surface area contributed by atoms with Crippen molar-refractivity contribution in [3.05, 3.63) is 72.1 Å². The number of alkyl carbamates (subject to hydrolysis) is 2. The number of imidazole rings is 2. The predicted molar refractivity (Wildman–Crippen MR) is 221 cm³/mol. The van der Waals surface area contributed by atoms with E-state index in [0.717, 1.165) is 22.1 Å². The number of H-pyrrole nitrogens is 2. The second-order valence-electron chi connectivity index (χ2n) is 16.8. The number of nitrogens with zero attached hydrogens (tertiary/aromatic N) is 4. The SMILES string of the molecule is COC(=O)N[C@H](C(=O)N1C[C@@H](C)C[C@H]1c1nc2ccc(-c3ccc(-c4ccc5nc([C@@H]6C[C@H](C)CN6C(=O)[C@@H](NC(=O)OC)C(C)C)[nH]c5c4)c(F)c3)cc2[nH]1)C(C)C. The van der Waals surface area contributed by atoms with Gasteiger partial charge in [0.25, 0.3) is 0 Å². The molecule has 14 nitrogen and oxygen atoms in total. The van der Waals surface area contributed by atoms with Crippen LogP contribution in [-0.2, 0) is 19.1 Å². The van der Waals surface area contributed by atoms with Crippen LogP contribution in [0.25, 0.3) is 44.3 Å². The summed E-state index contributed by atoms with van der Waals surface area (Å²) in [5.74, 6) is 0.683. The first-order valence-electron chi connectivity index (χ1n) is 20.2. The van der Waals surface area contributed by atoms with Gasteiger partial charge in [-0.05, 0) is 83.5 Å². The number of hydrogen-bond donors (Lipinski definition) is 4. The van der Waals surface area contributed by atoms with Gasteiger partial charge in [-0.2, -0.15) is 0 Å². The molecule has 4 N–H and O–H groups in total. The molecule has 0 bridgehead atoms. The largest absolute Gasteiger partial charge is 0.453 e. The lowest BCUT2D eigenvalue weighted by Gasteiger charge is -2.30. The fraction of sp³-hybridized carbons (Fsp3) is 0.455. The molecule has 6 atom stereocenters. The molecule has 0 spiro atoms. The van der Waals surface area contributed by atoms with E-state index < -0.39 is 24.3 Å². The Kier molecular flexibility index (Phi) is 11.7. The minimum absolute atomic E-state index is 0.150. The molecule has 2 saturated heterocycles. The summed E-state index contributed by atoms with van der Waals surface area (Å²) < 4.78 is 25.6. The zero-order valence-electron chi connectivity index (χ0n) is 34.8. The summed E-state index contributed by atoms with van der Waals surface area (Å²) >= 11 is 0. The fourth-order valence-electron chi connectivity index (χ4n) is 8.50. The topological polar surface area (TPSA) is 175 Å². The molecule has 2 aliphatic heterocycles. The first-order valence-corrected chi connectivity index (χ1v) is 20.2. The average molecular weight is 809 g/mol. The number of ether oxygens (including phenoxy) is 2. The third-order valence-electron chi connectivity index (χ3n) is 11.6. The van der Waals surface area contributed by atoms with Crippen molar-refractivity contribution < 1.29 is 33.0 Å². The van der Waals surface area contributed by atoms with Crippen molar-refractivity contribution in [2.75, 3.05) is 27.3 Å². The van der Waals surface area contributed by atoms with Crippen molar-refractivity contribution in [1.29, 1.82) is 0 Å². The Bertz CT molecular complexity index is 2390. The molecule has 4 heterocycles. The number of fused-ring (bicyclic) bond motifs is 2. The summed E-state index contributed by atoms with van der Waals surface area (Å²) in [6, 6.07) is 14.3. The molecule has 0 saturated carbocycles. The van der Waals surface area contributed by atoms with Crippen LogP contribution in [0.2, 0.25) is 0 Å². The summed E-state index contributed by atoms with van der Waals surface area (Å²) in [6.45, 7) is 12.8. The number of benzene rings is 3. The van der Waals surface area contributed by atoms with Crippen molar-refractivity contribution >= 4 is 46.1 Å². The number of amides is 4. The van der Waals surface area contributed by atoms with E-state index in [9.17, 15) is 19.2 Å². The van der Waals surface area contributed by atoms with Crippen LogP contribution in [-0.4, -0.2) is 93.1 Å². The van der Waals surface area contributed by atoms with Gasteiger partial charge in [-0.3, -0.25) is 9.59 Å². The number of aromatic nitrogens is 4. The lowest BCUT2D eigenvalue weighted by atomic mass is 9.99. The van der Waals surface area contributed by atoms with Crippen LogP contribution in [0.5, 0.6) is 0 Å². The summed E-state index contributed by atoms with van der Waals surface area (Å²) in [5.41, 5.74) is 5.50. The van der Waals surface area contributed by atoms with E-state index in [4.69, 9.17) is 19.4 Å². The van der Waals surface area contributed by atoms with Gasteiger partial charge in [0, 0.05) is 18.7 Å². The normalized spacial score (nSPS) is 20.4. The second-order valence-corrected chi connectivity index (χ2v) is 16.8. The molecule has 0 radical (unpaired) electrons. The van der Waals surface area contributed by atoms with Crippen LogP contribution in [0.15, 0.2) is 54.6 Å². The van der Waals surface area contributed by atoms with Crippen LogP contribution in [0.4, 0.5) is 14.0 Å². The third kappa shape index (κ3) is 8.32. The first kappa shape index (κ1) is 41.2. The van der Waals surface area contributed by atoms with Crippen molar-refractivity contribution in [3.63, 3.8) is 0 Å². The minimum atomic E-state index is -0.748. The standard InChI is InChI=1S/C44H53FN8O6/c1-22(2)37(50-43(56)58-7)41(54)52-20-24(5)15-35(52)39-46-31-13-10-27(18-33(31)48-39)26-9-12-29(30(45)17-26)28-11-14-32-34(19-28)49-40(47-32)36-16-25(6)21-53(36)42(55)38(23(3)4)51-44(57)59-8/h9-14,17-19,22-25,35-38H,15-16,20-21H2,1-8H3,(H,46,48)(H,47,49)(H,50,56)(H,51,57)/t24-,25-,35-,36-,37-,38-/m0/s1. The molecule has 312 valence electrons. The maximum atomic E-state index is 16.0. The maximum Gasteiger partial charge on any atom is 0.407 e. The van der Waals surface area contributed by atoms with Gasteiger partial charge in [0.2, 0.25) is 11.8 Å². The summed E-state index contributed by atoms with van der Waals surface area (Å²) in [5, 5.41) is 5.39. The molecule has 4 amide bonds. The van der Waals surface area contributed by atoms with E-state index in [1.807, 2.05) is 70.2 Å². The number of likely N-dealkylation sites (tertiary alicyclic amines) is 2. The Balaban J connectivity index is 1.10. The number of nitrogens with one attached hydrogen (secondary N) is 4. The van der Waals surface area contributed by atoms with E-state index >= 15 is 4.39 Å². The fourth-order valence-corrected chi connectivity index (χ4v) is 8.50. The van der Waals surface area contributed by atoms with Crippen LogP contribution in [0.1, 0.15) is 78.1 Å². The highest BCUT2D eigenvalue weighted by Crippen LogP contribution is 2.38. The second kappa shape index (κ2) is 16.7. The van der Waals surface area contributed by atoms with Crippen molar-refractivity contribution in [2.24, 2.45) is 23.7 Å². The van der Waals surface area contributed by atoms with Gasteiger partial charge in [-0.25, -0.2) is 23.9 Å². The average Bonchev–Trinajstić information content (AvgIpc) is 4.01. The van der Waals surface area contributed by atoms with E-state index in [0.29, 0.717) is 59.8 Å². The zero-order chi connectivity index (χ0) is 42.3. The van der Waals surface area contributed by atoms with Gasteiger partial charge in [-0.1, -0.05) is 65.8 Å². The van der Waals surface area contributed by atoms with Crippen LogP contribution >= 0.6 is 0 Å². The number of carbonyl (C=O) groups is 4. The summed E-state index contributed by atoms with van der Waals surface area (Å²) in [7, 11) is 2.55. The minimum Gasteiger partial charge on any atom is -0.453 e. The van der Waals surface area contributed by atoms with Crippen LogP contribution in [0.3, 0.4) is 0 Å². The lowest BCUT2D eigenvalue weighted by molar-refractivity contribution is -0.136. The molecule has 2 fully saturated rings. The first-order chi connectivity index (χ1) is 28.1. The quantitative estimate of drug-likeness (QED) is 0.112. The number of halogens is 1. The molecule has 0 unspecified atom stereocenters. The molecular weight excluding hydrogens is 756 g/mol. The lowest BCUT2D eigenvalue weighted by Crippen LogP contribution is -2.51. The molecule has 2 aliphatic rings. The molecule has 5 aromatic rings. The van der Waals surface area contributed by atoms with Crippen molar-refractivity contribution in [3.8, 4) is 22.3 Å². The zero-order valence-corrected chi connectivity index (χ0v) is 34.8. The van der Waals surface area contributed by atoms with E-state index in [1.54, 1.807) is 15.9 Å². The van der Waals surface area contributed by atoms with E-state index in [2.05, 4.69) is 34.4 Å². The molecular formula is C44H53FN8O6. The number of methoxy groups -OCH3 is 2. The molecule has 15 heteroatoms. The molecule has 7 rings (SSSR count). The Morgan fingerprint density at radius 2 is 1.10 bits per heavy atom.